The van der Waals surface area contributed by atoms with E-state index in [1.165, 1.54) is 7.11 Å². The third-order valence-corrected chi connectivity index (χ3v) is 6.50. The van der Waals surface area contributed by atoms with Gasteiger partial charge in [0.25, 0.3) is 11.5 Å². The number of aromatic nitrogens is 2. The molecule has 0 aliphatic carbocycles. The normalized spacial score (nSPS) is 28.8. The predicted octanol–water partition coefficient (Wildman–Crippen LogP) is -2.73. The molecule has 15 heteroatoms. The summed E-state index contributed by atoms with van der Waals surface area (Å²) in [6.07, 6.45) is -10.5. The number of H-pyrrole nitrogens is 1. The molecule has 0 saturated carbocycles. The Bertz CT molecular complexity index is 1370. The predicted molar refractivity (Wildman–Crippen MR) is 134 cm³/mol. The van der Waals surface area contributed by atoms with Crippen LogP contribution >= 0.6 is 0 Å². The number of primary amides is 1. The monoisotopic (exact) mass is 562 g/mol. The fraction of sp³-hybridized carbons (Fsp3) is 0.440. The van der Waals surface area contributed by atoms with E-state index < -0.39 is 72.2 Å². The van der Waals surface area contributed by atoms with Gasteiger partial charge in [-0.25, -0.2) is 4.79 Å². The zero-order valence-electron chi connectivity index (χ0n) is 21.5. The van der Waals surface area contributed by atoms with Gasteiger partial charge in [0.1, 0.15) is 30.5 Å². The van der Waals surface area contributed by atoms with Gasteiger partial charge in [0.05, 0.1) is 0 Å². The van der Waals surface area contributed by atoms with Gasteiger partial charge < -0.3 is 45.3 Å². The molecule has 1 aromatic heterocycles. The van der Waals surface area contributed by atoms with Gasteiger partial charge in [-0.05, 0) is 18.6 Å². The van der Waals surface area contributed by atoms with Crippen LogP contribution in [-0.4, -0.2) is 86.7 Å². The van der Waals surface area contributed by atoms with Gasteiger partial charge in [-0.1, -0.05) is 29.8 Å². The average molecular weight is 563 g/mol. The first-order chi connectivity index (χ1) is 19.0. The van der Waals surface area contributed by atoms with Gasteiger partial charge in [0, 0.05) is 25.9 Å². The van der Waals surface area contributed by atoms with Crippen LogP contribution < -0.4 is 22.3 Å². The molecule has 1 saturated heterocycles. The van der Waals surface area contributed by atoms with E-state index in [0.29, 0.717) is 0 Å². The van der Waals surface area contributed by atoms with Crippen molar-refractivity contribution in [3.8, 4) is 0 Å². The van der Waals surface area contributed by atoms with E-state index in [0.717, 1.165) is 34.0 Å². The second-order valence-corrected chi connectivity index (χ2v) is 9.33. The lowest BCUT2D eigenvalue weighted by atomic mass is 10.0. The van der Waals surface area contributed by atoms with Crippen molar-refractivity contribution in [3.05, 3.63) is 80.3 Å². The van der Waals surface area contributed by atoms with Crippen LogP contribution in [0.1, 0.15) is 17.4 Å². The molecule has 7 N–H and O–H groups in total. The fourth-order valence-corrected chi connectivity index (χ4v) is 4.36. The maximum atomic E-state index is 12.7. The Morgan fingerprint density at radius 1 is 1.15 bits per heavy atom. The van der Waals surface area contributed by atoms with Crippen LogP contribution in [0.5, 0.6) is 0 Å². The zero-order valence-corrected chi connectivity index (χ0v) is 21.5. The minimum atomic E-state index is -1.77. The first-order valence-electron chi connectivity index (χ1n) is 12.2. The lowest BCUT2D eigenvalue weighted by Gasteiger charge is -2.35. The number of aromatic amines is 1. The van der Waals surface area contributed by atoms with Crippen LogP contribution in [0, 0.1) is 6.92 Å². The molecule has 1 aromatic carbocycles. The standard InChI is InChI=1S/C25H30N4O11/c1-11-3-5-12(6-4-11)10-27-22(35)14-9-13(30)16(32)24(38-14)40-20(21(26)34)19-18(37-2)17(33)23(39-19)29-8-7-15(31)28-25(29)36/h3-9,13,16-20,23-24,30,32-33H,10H2,1-2H3,(H2,26,34)(H,27,35)(H,28,31,36)/t13-,16-,17+,18-,19-,20+,23+,24+/m0/s1. The van der Waals surface area contributed by atoms with Crippen LogP contribution in [0.15, 0.2) is 58.0 Å². The van der Waals surface area contributed by atoms with Gasteiger partial charge in [0.2, 0.25) is 12.2 Å². The summed E-state index contributed by atoms with van der Waals surface area (Å²) in [5, 5.41) is 34.2. The molecule has 2 amide bonds. The summed E-state index contributed by atoms with van der Waals surface area (Å²) in [6, 6.07) is 8.42. The topological polar surface area (TPSA) is 225 Å². The quantitative estimate of drug-likeness (QED) is 0.184. The van der Waals surface area contributed by atoms with Crippen molar-refractivity contribution in [2.24, 2.45) is 5.73 Å². The minimum Gasteiger partial charge on any atom is -0.456 e. The number of nitrogens with one attached hydrogen (secondary N) is 2. The van der Waals surface area contributed by atoms with Crippen LogP contribution in [-0.2, 0) is 35.1 Å². The Labute approximate surface area is 226 Å². The van der Waals surface area contributed by atoms with Gasteiger partial charge in [-0.3, -0.25) is 23.9 Å². The van der Waals surface area contributed by atoms with E-state index >= 15 is 0 Å². The van der Waals surface area contributed by atoms with Crippen molar-refractivity contribution in [2.45, 2.75) is 62.6 Å². The Balaban J connectivity index is 1.50. The number of hydrogen-bond donors (Lipinski definition) is 6. The molecule has 216 valence electrons. The van der Waals surface area contributed by atoms with Crippen molar-refractivity contribution in [1.29, 1.82) is 0 Å². The largest absolute Gasteiger partial charge is 0.456 e. The van der Waals surface area contributed by atoms with Gasteiger partial charge in [-0.2, -0.15) is 0 Å². The highest BCUT2D eigenvalue weighted by molar-refractivity contribution is 5.91. The number of nitrogens with zero attached hydrogens (tertiary/aromatic N) is 1. The highest BCUT2D eigenvalue weighted by Gasteiger charge is 2.52. The summed E-state index contributed by atoms with van der Waals surface area (Å²) >= 11 is 0. The molecule has 3 heterocycles. The van der Waals surface area contributed by atoms with E-state index in [-0.39, 0.29) is 12.3 Å². The summed E-state index contributed by atoms with van der Waals surface area (Å²) in [5.74, 6) is -2.24. The zero-order chi connectivity index (χ0) is 29.1. The highest BCUT2D eigenvalue weighted by Crippen LogP contribution is 2.34. The number of aliphatic hydroxyl groups excluding tert-OH is 3. The fourth-order valence-electron chi connectivity index (χ4n) is 4.36. The minimum absolute atomic E-state index is 0.142. The van der Waals surface area contributed by atoms with Crippen molar-refractivity contribution in [2.75, 3.05) is 7.11 Å². The van der Waals surface area contributed by atoms with Gasteiger partial charge in [-0.15, -0.1) is 0 Å². The first kappa shape index (κ1) is 29.1. The third kappa shape index (κ3) is 6.14. The SMILES string of the molecule is CO[C@H]1[C@@H](O)[C@H](n2ccc(=O)[nH]c2=O)O[C@@H]1[C@@H](O[C@H]1OC(C(=O)NCc2ccc(C)cc2)=C[C@H](O)[C@@H]1O)C(N)=O. The Morgan fingerprint density at radius 3 is 2.48 bits per heavy atom. The van der Waals surface area contributed by atoms with Crippen molar-refractivity contribution < 1.29 is 43.9 Å². The number of ether oxygens (including phenoxy) is 4. The van der Waals surface area contributed by atoms with E-state index in [1.54, 1.807) is 0 Å². The number of aliphatic hydroxyl groups is 3. The maximum Gasteiger partial charge on any atom is 0.330 e. The lowest BCUT2D eigenvalue weighted by molar-refractivity contribution is -0.241. The van der Waals surface area contributed by atoms with Crippen molar-refractivity contribution in [3.63, 3.8) is 0 Å². The smallest absolute Gasteiger partial charge is 0.330 e. The van der Waals surface area contributed by atoms with Crippen LogP contribution in [0.2, 0.25) is 0 Å². The number of nitrogens with two attached hydrogens (primary N) is 1. The molecule has 15 nitrogen and oxygen atoms in total. The molecule has 0 spiro atoms. The average Bonchev–Trinajstić information content (AvgIpc) is 3.23. The van der Waals surface area contributed by atoms with Crippen LogP contribution in [0.3, 0.4) is 0 Å². The molecule has 0 radical (unpaired) electrons. The molecule has 4 rings (SSSR count). The number of hydrogen-bond acceptors (Lipinski definition) is 11. The van der Waals surface area contributed by atoms with Gasteiger partial charge >= 0.3 is 5.69 Å². The number of carbonyl (C=O) groups excluding carboxylic acids is 2. The molecule has 40 heavy (non-hydrogen) atoms. The number of aryl methyl sites for hydroxylation is 1. The van der Waals surface area contributed by atoms with Crippen LogP contribution in [0.4, 0.5) is 0 Å². The van der Waals surface area contributed by atoms with Gasteiger partial charge in [0.15, 0.2) is 18.1 Å². The second kappa shape index (κ2) is 12.1. The van der Waals surface area contributed by atoms with E-state index in [2.05, 4.69) is 5.32 Å². The molecule has 0 bridgehead atoms. The van der Waals surface area contributed by atoms with Crippen LogP contribution in [0.25, 0.3) is 0 Å². The van der Waals surface area contributed by atoms with E-state index in [4.69, 9.17) is 24.7 Å². The number of benzene rings is 1. The molecule has 1 fully saturated rings. The molecule has 8 atom stereocenters. The molecular formula is C25H30N4O11. The summed E-state index contributed by atoms with van der Waals surface area (Å²) in [4.78, 5) is 50.9. The molecular weight excluding hydrogens is 532 g/mol. The summed E-state index contributed by atoms with van der Waals surface area (Å²) in [6.45, 7) is 2.06. The maximum absolute atomic E-state index is 12.7. The molecule has 0 unspecified atom stereocenters. The summed E-state index contributed by atoms with van der Waals surface area (Å²) < 4.78 is 23.0. The number of amides is 2. The Hall–Kier alpha value is -3.86. The van der Waals surface area contributed by atoms with E-state index in [9.17, 15) is 34.5 Å². The Morgan fingerprint density at radius 2 is 1.85 bits per heavy atom. The summed E-state index contributed by atoms with van der Waals surface area (Å²) in [5.41, 5.74) is 5.80. The van der Waals surface area contributed by atoms with E-state index in [1.807, 2.05) is 36.2 Å². The van der Waals surface area contributed by atoms with Crippen molar-refractivity contribution >= 4 is 11.8 Å². The number of carbonyl (C=O) groups is 2. The lowest BCUT2D eigenvalue weighted by Crippen LogP contribution is -2.54. The number of rotatable bonds is 9. The summed E-state index contributed by atoms with van der Waals surface area (Å²) in [7, 11) is 1.20. The molecule has 2 aliphatic rings. The number of methoxy groups -OCH3 is 1. The second-order valence-electron chi connectivity index (χ2n) is 9.33. The first-order valence-corrected chi connectivity index (χ1v) is 12.2. The Kier molecular flexibility index (Phi) is 8.82. The van der Waals surface area contributed by atoms with Crippen molar-refractivity contribution in [1.82, 2.24) is 14.9 Å². The molecule has 2 aliphatic heterocycles. The highest BCUT2D eigenvalue weighted by atomic mass is 16.7. The molecule has 2 aromatic rings. The third-order valence-electron chi connectivity index (χ3n) is 6.50.